The van der Waals surface area contributed by atoms with Crippen molar-refractivity contribution in [3.8, 4) is 80.0 Å². The number of anilines is 2. The molecule has 0 aliphatic heterocycles. The Balaban J connectivity index is 0.000000120. The quantitative estimate of drug-likeness (QED) is 0.0310. The topological polar surface area (TPSA) is 334 Å². The third kappa shape index (κ3) is 18.7. The Kier molecular flexibility index (Phi) is 24.2. The van der Waals surface area contributed by atoms with E-state index >= 15 is 0 Å². The number of hydrogen-bond donors (Lipinski definition) is 8. The number of phenols is 2. The van der Waals surface area contributed by atoms with Crippen LogP contribution in [-0.4, -0.2) is 88.1 Å². The van der Waals surface area contributed by atoms with Gasteiger partial charge in [-0.15, -0.1) is 0 Å². The monoisotopic (exact) mass is 1700 g/mol. The Morgan fingerprint density at radius 3 is 0.875 bits per heavy atom. The van der Waals surface area contributed by atoms with Gasteiger partial charge in [0.2, 0.25) is 23.5 Å². The van der Waals surface area contributed by atoms with Crippen LogP contribution >= 0.6 is 0 Å². The fraction of sp³-hybridized carbons (Fsp3) is 0.126. The number of rotatable bonds is 21. The zero-order chi connectivity index (χ0) is 88.6. The summed E-state index contributed by atoms with van der Waals surface area (Å²) in [6, 6.07) is 82.7. The maximum atomic E-state index is 14.9. The Bertz CT molecular complexity index is 7170. The van der Waals surface area contributed by atoms with Crippen LogP contribution in [0.15, 0.2) is 305 Å². The highest BCUT2D eigenvalue weighted by Gasteiger charge is 2.26. The van der Waals surface area contributed by atoms with E-state index in [1.165, 1.54) is 17.7 Å². The first-order valence-electron chi connectivity index (χ1n) is 41.6. The Labute approximate surface area is 733 Å². The van der Waals surface area contributed by atoms with Gasteiger partial charge in [0.05, 0.1) is 76.2 Å². The van der Waals surface area contributed by atoms with Crippen LogP contribution in [0.2, 0.25) is 0 Å². The molecule has 0 radical (unpaired) electrons. The number of nitrogens with zero attached hydrogens (tertiary/aromatic N) is 12. The third-order valence-corrected chi connectivity index (χ3v) is 21.8. The first-order valence-corrected chi connectivity index (χ1v) is 41.6. The van der Waals surface area contributed by atoms with Gasteiger partial charge < -0.3 is 55.4 Å². The van der Waals surface area contributed by atoms with Crippen LogP contribution in [-0.2, 0) is 57.8 Å². The number of nitrogens with two attached hydrogens (primary N) is 2. The number of fused-ring (bicyclic) bond motifs is 4. The van der Waals surface area contributed by atoms with Gasteiger partial charge in [-0.2, -0.15) is 0 Å². The van der Waals surface area contributed by atoms with Crippen LogP contribution in [0.1, 0.15) is 120 Å². The molecular weight excluding hydrogens is 1620 g/mol. The van der Waals surface area contributed by atoms with E-state index < -0.39 is 11.6 Å². The number of imidazole rings is 4. The molecule has 0 fully saturated rings. The van der Waals surface area contributed by atoms with E-state index in [4.69, 9.17) is 59.6 Å². The maximum absolute atomic E-state index is 14.9. The number of hydrogen-bond acceptors (Lipinski definition) is 19. The molecule has 0 spiro atoms. The number of aromatic hydroxyl groups is 6. The summed E-state index contributed by atoms with van der Waals surface area (Å²) in [4.78, 5) is 38.0. The highest BCUT2D eigenvalue weighted by molar-refractivity contribution is 5.71. The van der Waals surface area contributed by atoms with Crippen LogP contribution in [0.5, 0.6) is 35.0 Å². The molecule has 11 aromatic heterocycles. The normalized spacial score (nSPS) is 11.3. The van der Waals surface area contributed by atoms with E-state index in [0.717, 1.165) is 85.6 Å². The molecule has 0 amide bonds. The molecule has 0 aliphatic rings. The van der Waals surface area contributed by atoms with Gasteiger partial charge in [-0.05, 0) is 146 Å². The molecule has 0 atom stereocenters. The average molecular weight is 1700 g/mol. The molecule has 11 heterocycles. The molecular formula is C103H88F2N14O9. The zero-order valence-corrected chi connectivity index (χ0v) is 70.3. The molecule has 23 nitrogen and oxygen atoms in total. The summed E-state index contributed by atoms with van der Waals surface area (Å²) in [6.07, 6.45) is 11.3. The van der Waals surface area contributed by atoms with Gasteiger partial charge in [0.25, 0.3) is 0 Å². The number of halogens is 2. The number of phenolic OH excluding ortho intramolecular Hbond substituents is 2. The average Bonchev–Trinajstić information content (AvgIpc) is 1.64. The second kappa shape index (κ2) is 36.9. The molecule has 128 heavy (non-hydrogen) atoms. The SMILES string of the molecule is CCc1cccc(Cc2nc3c(Cc4ccccc4)nc(-c4cccc(N)c4F)cn3c2O)c1.Cc1ccc(Cc2nc3c(Cc4ccccc4)nc(-c4cccc(N)c4F)cn3c2O)o1.Cc1ccc(Cc2nc3c(Cc4ccccc4)nc(-c4cccc(O)c4)cn3c2O)o1.Cc1ccc(Cc2nc3c(Cc4ccccc4)nc(-c4cccc(O)c4)cn3c2O)o1. The van der Waals surface area contributed by atoms with Gasteiger partial charge in [-0.1, -0.05) is 189 Å². The van der Waals surface area contributed by atoms with Gasteiger partial charge in [0.15, 0.2) is 34.2 Å². The molecule has 638 valence electrons. The summed E-state index contributed by atoms with van der Waals surface area (Å²) in [6.45, 7) is 7.74. The molecule has 25 heteroatoms. The van der Waals surface area contributed by atoms with E-state index in [-0.39, 0.29) is 57.5 Å². The van der Waals surface area contributed by atoms with Crippen molar-refractivity contribution in [2.75, 3.05) is 11.5 Å². The predicted octanol–water partition coefficient (Wildman–Crippen LogP) is 20.3. The molecule has 10 N–H and O–H groups in total. The first kappa shape index (κ1) is 83.8. The van der Waals surface area contributed by atoms with E-state index in [0.29, 0.717) is 137 Å². The van der Waals surface area contributed by atoms with E-state index in [2.05, 4.69) is 24.0 Å². The lowest BCUT2D eigenvalue weighted by Crippen LogP contribution is -2.02. The third-order valence-electron chi connectivity index (χ3n) is 21.8. The standard InChI is InChI=1S/C28H25FN4O.C25H21FN4O2.2C25H21N3O3/c1-2-18-10-6-11-20(14-18)16-24-28(34)33-17-25(21-12-7-13-22(30)26(21)29)31-23(27(33)32-24)15-19-8-4-3-5-9-19;1-15-10-11-17(32-15)13-21-25(31)30-14-22(18-8-5-9-19(27)23(18)26)28-20(24(30)29-21)12-16-6-3-2-4-7-16;2*1-16-10-11-20(31-16)14-22-25(30)28-15-23(18-8-5-9-19(29)13-18)26-21(24(28)27-22)12-17-6-3-2-4-7-17/h3-14,17,34H,2,15-16,30H2,1H3;2-11,14,31H,12-13,27H2,1H3;2*2-11,13,15,29-30H,12,14H2,1H3. The Morgan fingerprint density at radius 2 is 0.562 bits per heavy atom. The summed E-state index contributed by atoms with van der Waals surface area (Å²) in [5, 5.41) is 63.8. The Morgan fingerprint density at radius 1 is 0.281 bits per heavy atom. The van der Waals surface area contributed by atoms with Gasteiger partial charge >= 0.3 is 0 Å². The van der Waals surface area contributed by atoms with E-state index in [1.807, 2.05) is 203 Å². The second-order valence-electron chi connectivity index (χ2n) is 31.2. The van der Waals surface area contributed by atoms with Gasteiger partial charge in [-0.3, -0.25) is 17.6 Å². The predicted molar refractivity (Wildman–Crippen MR) is 487 cm³/mol. The number of aryl methyl sites for hydroxylation is 4. The first-order chi connectivity index (χ1) is 62.1. The van der Waals surface area contributed by atoms with Gasteiger partial charge in [-0.25, -0.2) is 48.7 Å². The van der Waals surface area contributed by atoms with Crippen LogP contribution in [0.4, 0.5) is 20.2 Å². The smallest absolute Gasteiger partial charge is 0.219 e. The summed E-state index contributed by atoms with van der Waals surface area (Å²) in [5.74, 6) is 3.94. The zero-order valence-electron chi connectivity index (χ0n) is 70.3. The summed E-state index contributed by atoms with van der Waals surface area (Å²) < 4.78 is 53.1. The summed E-state index contributed by atoms with van der Waals surface area (Å²) in [5.41, 5.74) is 29.4. The number of benzene rings is 9. The summed E-state index contributed by atoms with van der Waals surface area (Å²) in [7, 11) is 0. The minimum absolute atomic E-state index is 0.0270. The van der Waals surface area contributed by atoms with Crippen molar-refractivity contribution >= 4 is 34.0 Å². The lowest BCUT2D eigenvalue weighted by atomic mass is 10.1. The molecule has 20 rings (SSSR count). The number of furan rings is 3. The van der Waals surface area contributed by atoms with Crippen LogP contribution < -0.4 is 11.5 Å². The number of nitrogen functional groups attached to an aromatic ring is 2. The number of aromatic nitrogens is 12. The molecule has 20 aromatic rings. The fourth-order valence-corrected chi connectivity index (χ4v) is 15.4. The largest absolute Gasteiger partial charge is 0.508 e. The Hall–Kier alpha value is -16.4. The molecule has 0 saturated heterocycles. The van der Waals surface area contributed by atoms with E-state index in [9.17, 15) is 39.4 Å². The van der Waals surface area contributed by atoms with Crippen LogP contribution in [0, 0.1) is 32.4 Å². The highest BCUT2D eigenvalue weighted by Crippen LogP contribution is 2.37. The minimum atomic E-state index is -0.545. The molecule has 0 aliphatic carbocycles. The lowest BCUT2D eigenvalue weighted by molar-refractivity contribution is 0.436. The second-order valence-corrected chi connectivity index (χ2v) is 31.2. The van der Waals surface area contributed by atoms with Gasteiger partial charge in [0, 0.05) is 79.1 Å². The molecule has 0 unspecified atom stereocenters. The summed E-state index contributed by atoms with van der Waals surface area (Å²) >= 11 is 0. The van der Waals surface area contributed by atoms with Crippen molar-refractivity contribution in [3.05, 3.63) is 417 Å². The van der Waals surface area contributed by atoms with Crippen molar-refractivity contribution in [1.29, 1.82) is 0 Å². The highest BCUT2D eigenvalue weighted by atomic mass is 19.1. The van der Waals surface area contributed by atoms with Crippen molar-refractivity contribution in [2.24, 2.45) is 0 Å². The minimum Gasteiger partial charge on any atom is -0.508 e. The van der Waals surface area contributed by atoms with Crippen molar-refractivity contribution in [1.82, 2.24) is 57.5 Å². The van der Waals surface area contributed by atoms with Gasteiger partial charge in [0.1, 0.15) is 68.8 Å². The maximum Gasteiger partial charge on any atom is 0.219 e. The molecule has 0 saturated carbocycles. The van der Waals surface area contributed by atoms with Crippen LogP contribution in [0.25, 0.3) is 67.6 Å². The lowest BCUT2D eigenvalue weighted by Gasteiger charge is -2.10. The van der Waals surface area contributed by atoms with Crippen molar-refractivity contribution in [2.45, 2.75) is 85.5 Å². The fourth-order valence-electron chi connectivity index (χ4n) is 15.4. The molecule has 9 aromatic carbocycles. The van der Waals surface area contributed by atoms with Crippen molar-refractivity contribution < 1.29 is 52.7 Å². The van der Waals surface area contributed by atoms with Crippen LogP contribution in [0.3, 0.4) is 0 Å². The van der Waals surface area contributed by atoms with E-state index in [1.54, 1.807) is 103 Å². The van der Waals surface area contributed by atoms with Crippen molar-refractivity contribution in [3.63, 3.8) is 0 Å². The molecule has 0 bridgehead atoms.